The molecule has 0 aliphatic rings. The number of benzene rings is 3. The number of ether oxygens (including phenoxy) is 2. The van der Waals surface area contributed by atoms with E-state index < -0.39 is 6.10 Å². The fourth-order valence-electron chi connectivity index (χ4n) is 3.05. The van der Waals surface area contributed by atoms with E-state index in [1.165, 1.54) is 0 Å². The van der Waals surface area contributed by atoms with Crippen LogP contribution in [0.5, 0.6) is 11.5 Å². The molecule has 0 amide bonds. The maximum Gasteiger partial charge on any atom is 0.175 e. The lowest BCUT2D eigenvalue weighted by atomic mass is 10.1. The molecular formula is C24H25BrClNO3. The van der Waals surface area contributed by atoms with E-state index in [9.17, 15) is 5.11 Å². The van der Waals surface area contributed by atoms with Gasteiger partial charge in [0.15, 0.2) is 11.5 Å². The third-order valence-electron chi connectivity index (χ3n) is 4.49. The predicted molar refractivity (Wildman–Crippen MR) is 124 cm³/mol. The lowest BCUT2D eigenvalue weighted by Crippen LogP contribution is -2.21. The number of aliphatic hydroxyl groups excluding tert-OH is 1. The first-order valence-corrected chi connectivity index (χ1v) is 11.0. The molecule has 3 aromatic carbocycles. The highest BCUT2D eigenvalue weighted by Crippen LogP contribution is 2.37. The summed E-state index contributed by atoms with van der Waals surface area (Å²) < 4.78 is 12.7. The van der Waals surface area contributed by atoms with E-state index in [0.717, 1.165) is 21.2 Å². The standard InChI is InChI=1S/C24H25BrClNO3/c1-2-29-23-13-18(14-27-15-22(28)19-8-4-3-5-9-19)12-21(25)24(23)30-16-17-7-6-10-20(26)11-17/h3-13,22,27-28H,2,14-16H2,1H3/t22-/m1/s1. The normalized spacial score (nSPS) is 11.9. The van der Waals surface area contributed by atoms with E-state index in [0.29, 0.717) is 42.8 Å². The summed E-state index contributed by atoms with van der Waals surface area (Å²) in [4.78, 5) is 0. The maximum absolute atomic E-state index is 10.3. The van der Waals surface area contributed by atoms with Crippen molar-refractivity contribution in [3.05, 3.63) is 92.9 Å². The molecule has 0 spiro atoms. The predicted octanol–water partition coefficient (Wildman–Crippen LogP) is 5.90. The first-order chi connectivity index (χ1) is 14.6. The molecule has 0 fully saturated rings. The number of rotatable bonds is 10. The Morgan fingerprint density at radius 2 is 1.80 bits per heavy atom. The number of halogens is 2. The number of hydrogen-bond acceptors (Lipinski definition) is 4. The van der Waals surface area contributed by atoms with Crippen LogP contribution in [-0.2, 0) is 13.2 Å². The van der Waals surface area contributed by atoms with Crippen molar-refractivity contribution in [1.29, 1.82) is 0 Å². The Kier molecular flexibility index (Phi) is 8.58. The van der Waals surface area contributed by atoms with E-state index in [2.05, 4.69) is 21.2 Å². The Labute approximate surface area is 190 Å². The molecule has 0 bridgehead atoms. The van der Waals surface area contributed by atoms with Gasteiger partial charge < -0.3 is 19.9 Å². The zero-order valence-electron chi connectivity index (χ0n) is 16.8. The summed E-state index contributed by atoms with van der Waals surface area (Å²) in [5, 5.41) is 14.3. The first-order valence-electron chi connectivity index (χ1n) is 9.83. The number of nitrogens with one attached hydrogen (secondary N) is 1. The molecule has 6 heteroatoms. The molecule has 0 radical (unpaired) electrons. The van der Waals surface area contributed by atoms with Gasteiger partial charge in [-0.25, -0.2) is 0 Å². The van der Waals surface area contributed by atoms with Gasteiger partial charge in [-0.05, 0) is 63.8 Å². The third-order valence-corrected chi connectivity index (χ3v) is 5.32. The molecule has 0 heterocycles. The van der Waals surface area contributed by atoms with Gasteiger partial charge in [0.05, 0.1) is 17.2 Å². The second kappa shape index (κ2) is 11.4. The molecule has 0 aliphatic carbocycles. The van der Waals surface area contributed by atoms with Gasteiger partial charge in [-0.15, -0.1) is 0 Å². The topological polar surface area (TPSA) is 50.7 Å². The minimum atomic E-state index is -0.554. The highest BCUT2D eigenvalue weighted by molar-refractivity contribution is 9.10. The molecule has 2 N–H and O–H groups in total. The molecule has 3 rings (SSSR count). The van der Waals surface area contributed by atoms with Gasteiger partial charge in [-0.3, -0.25) is 0 Å². The van der Waals surface area contributed by atoms with Crippen LogP contribution in [0.25, 0.3) is 0 Å². The van der Waals surface area contributed by atoms with E-state index >= 15 is 0 Å². The van der Waals surface area contributed by atoms with Crippen LogP contribution in [0.15, 0.2) is 71.2 Å². The molecular weight excluding hydrogens is 466 g/mol. The van der Waals surface area contributed by atoms with Gasteiger partial charge in [0.1, 0.15) is 6.61 Å². The summed E-state index contributed by atoms with van der Waals surface area (Å²) in [5.74, 6) is 1.33. The summed E-state index contributed by atoms with van der Waals surface area (Å²) >= 11 is 9.66. The van der Waals surface area contributed by atoms with E-state index in [4.69, 9.17) is 21.1 Å². The van der Waals surface area contributed by atoms with Gasteiger partial charge in [-0.1, -0.05) is 54.1 Å². The molecule has 1 atom stereocenters. The molecule has 0 unspecified atom stereocenters. The summed E-state index contributed by atoms with van der Waals surface area (Å²) in [6.45, 7) is 3.91. The van der Waals surface area contributed by atoms with Crippen LogP contribution in [0.2, 0.25) is 5.02 Å². The molecule has 30 heavy (non-hydrogen) atoms. The molecule has 0 saturated heterocycles. The lowest BCUT2D eigenvalue weighted by molar-refractivity contribution is 0.174. The van der Waals surface area contributed by atoms with Crippen LogP contribution >= 0.6 is 27.5 Å². The second-order valence-corrected chi connectivity index (χ2v) is 8.10. The van der Waals surface area contributed by atoms with Crippen molar-refractivity contribution in [3.8, 4) is 11.5 Å². The van der Waals surface area contributed by atoms with Crippen molar-refractivity contribution in [2.75, 3.05) is 13.2 Å². The van der Waals surface area contributed by atoms with Crippen LogP contribution in [-0.4, -0.2) is 18.3 Å². The fraction of sp³-hybridized carbons (Fsp3) is 0.250. The number of aliphatic hydroxyl groups is 1. The van der Waals surface area contributed by atoms with E-state index in [-0.39, 0.29) is 0 Å². The minimum Gasteiger partial charge on any atom is -0.490 e. The van der Waals surface area contributed by atoms with E-state index in [1.54, 1.807) is 0 Å². The largest absolute Gasteiger partial charge is 0.490 e. The van der Waals surface area contributed by atoms with Crippen molar-refractivity contribution < 1.29 is 14.6 Å². The fourth-order valence-corrected chi connectivity index (χ4v) is 3.87. The van der Waals surface area contributed by atoms with Gasteiger partial charge in [0, 0.05) is 18.1 Å². The van der Waals surface area contributed by atoms with Crippen molar-refractivity contribution >= 4 is 27.5 Å². The lowest BCUT2D eigenvalue weighted by Gasteiger charge is -2.17. The van der Waals surface area contributed by atoms with Crippen LogP contribution in [0.3, 0.4) is 0 Å². The van der Waals surface area contributed by atoms with Crippen LogP contribution in [0.4, 0.5) is 0 Å². The molecule has 0 aromatic heterocycles. The van der Waals surface area contributed by atoms with Crippen molar-refractivity contribution in [1.82, 2.24) is 5.32 Å². The molecule has 0 saturated carbocycles. The van der Waals surface area contributed by atoms with Crippen molar-refractivity contribution in [2.24, 2.45) is 0 Å². The van der Waals surface area contributed by atoms with E-state index in [1.807, 2.05) is 73.7 Å². The highest BCUT2D eigenvalue weighted by atomic mass is 79.9. The summed E-state index contributed by atoms with van der Waals surface area (Å²) in [7, 11) is 0. The zero-order valence-corrected chi connectivity index (χ0v) is 19.1. The van der Waals surface area contributed by atoms with Crippen LogP contribution < -0.4 is 14.8 Å². The molecule has 158 valence electrons. The van der Waals surface area contributed by atoms with Gasteiger partial charge in [-0.2, -0.15) is 0 Å². The Balaban J connectivity index is 1.64. The average Bonchev–Trinajstić information content (AvgIpc) is 2.74. The average molecular weight is 491 g/mol. The number of hydrogen-bond donors (Lipinski definition) is 2. The summed E-state index contributed by atoms with van der Waals surface area (Å²) in [6, 6.07) is 21.2. The quantitative estimate of drug-likeness (QED) is 0.371. The Morgan fingerprint density at radius 1 is 1.00 bits per heavy atom. The zero-order chi connectivity index (χ0) is 21.3. The first kappa shape index (κ1) is 22.6. The smallest absolute Gasteiger partial charge is 0.175 e. The Morgan fingerprint density at radius 3 is 2.53 bits per heavy atom. The monoisotopic (exact) mass is 489 g/mol. The van der Waals surface area contributed by atoms with Crippen LogP contribution in [0.1, 0.15) is 29.7 Å². The van der Waals surface area contributed by atoms with Crippen molar-refractivity contribution in [3.63, 3.8) is 0 Å². The van der Waals surface area contributed by atoms with Crippen molar-refractivity contribution in [2.45, 2.75) is 26.2 Å². The molecule has 0 aliphatic heterocycles. The minimum absolute atomic E-state index is 0.389. The van der Waals surface area contributed by atoms with Gasteiger partial charge >= 0.3 is 0 Å². The SMILES string of the molecule is CCOc1cc(CNC[C@@H](O)c2ccccc2)cc(Br)c1OCc1cccc(Cl)c1. The third kappa shape index (κ3) is 6.47. The summed E-state index contributed by atoms with van der Waals surface area (Å²) in [6.07, 6.45) is -0.554. The maximum atomic E-state index is 10.3. The van der Waals surface area contributed by atoms with Gasteiger partial charge in [0.2, 0.25) is 0 Å². The Hall–Kier alpha value is -2.05. The molecule has 4 nitrogen and oxygen atoms in total. The molecule has 3 aromatic rings. The highest BCUT2D eigenvalue weighted by Gasteiger charge is 2.13. The second-order valence-electron chi connectivity index (χ2n) is 6.81. The van der Waals surface area contributed by atoms with Gasteiger partial charge in [0.25, 0.3) is 0 Å². The summed E-state index contributed by atoms with van der Waals surface area (Å²) in [5.41, 5.74) is 2.91. The Bertz CT molecular complexity index is 952. The van der Waals surface area contributed by atoms with Crippen LogP contribution in [0, 0.1) is 0 Å².